The predicted molar refractivity (Wildman–Crippen MR) is 266 cm³/mol. The molecule has 1 unspecified atom stereocenters. The molecule has 0 rings (SSSR count). The van der Waals surface area contributed by atoms with Crippen LogP contribution in [0.1, 0.15) is 284 Å². The zero-order valence-electron chi connectivity index (χ0n) is 41.4. The van der Waals surface area contributed by atoms with Crippen LogP contribution in [0.2, 0.25) is 0 Å². The van der Waals surface area contributed by atoms with E-state index in [1.807, 2.05) is 6.08 Å². The summed E-state index contributed by atoms with van der Waals surface area (Å²) in [6.07, 6.45) is 60.0. The van der Waals surface area contributed by atoms with E-state index in [0.29, 0.717) is 19.3 Å². The van der Waals surface area contributed by atoms with Crippen molar-refractivity contribution in [2.45, 2.75) is 290 Å². The maximum absolute atomic E-state index is 12.8. The van der Waals surface area contributed by atoms with E-state index in [-0.39, 0.29) is 37.5 Å². The molecule has 0 radical (unpaired) electrons. The Morgan fingerprint density at radius 2 is 0.613 bits per heavy atom. The van der Waals surface area contributed by atoms with Gasteiger partial charge in [0.1, 0.15) is 13.2 Å². The zero-order valence-corrected chi connectivity index (χ0v) is 41.4. The molecule has 362 valence electrons. The van der Waals surface area contributed by atoms with E-state index >= 15 is 0 Å². The van der Waals surface area contributed by atoms with Gasteiger partial charge in [-0.05, 0) is 64.2 Å². The lowest BCUT2D eigenvalue weighted by Crippen LogP contribution is -2.30. The topological polar surface area (TPSA) is 78.9 Å². The van der Waals surface area contributed by atoms with Gasteiger partial charge in [0.05, 0.1) is 0 Å². The van der Waals surface area contributed by atoms with Gasteiger partial charge in [0.15, 0.2) is 6.10 Å². The lowest BCUT2D eigenvalue weighted by atomic mass is 10.0. The molecule has 6 nitrogen and oxygen atoms in total. The van der Waals surface area contributed by atoms with Crippen LogP contribution >= 0.6 is 0 Å². The second-order valence-corrected chi connectivity index (χ2v) is 18.1. The van der Waals surface area contributed by atoms with Crippen molar-refractivity contribution in [2.75, 3.05) is 13.2 Å². The van der Waals surface area contributed by atoms with Gasteiger partial charge in [-0.1, -0.05) is 237 Å². The smallest absolute Gasteiger partial charge is 0.306 e. The molecular formula is C56H102O6. The van der Waals surface area contributed by atoms with Crippen molar-refractivity contribution in [1.29, 1.82) is 0 Å². The van der Waals surface area contributed by atoms with Gasteiger partial charge < -0.3 is 14.2 Å². The van der Waals surface area contributed by atoms with Crippen LogP contribution < -0.4 is 0 Å². The molecule has 0 aromatic rings. The van der Waals surface area contributed by atoms with Gasteiger partial charge in [-0.2, -0.15) is 0 Å². The summed E-state index contributed by atoms with van der Waals surface area (Å²) in [7, 11) is 0. The third kappa shape index (κ3) is 48.7. The molecule has 0 bridgehead atoms. The van der Waals surface area contributed by atoms with Gasteiger partial charge in [-0.15, -0.1) is 0 Å². The second kappa shape index (κ2) is 51.3. The molecule has 0 fully saturated rings. The fraction of sp³-hybridized carbons (Fsp3) is 0.839. The molecule has 6 heteroatoms. The summed E-state index contributed by atoms with van der Waals surface area (Å²) in [5.41, 5.74) is 0. The van der Waals surface area contributed by atoms with E-state index in [1.54, 1.807) is 0 Å². The summed E-state index contributed by atoms with van der Waals surface area (Å²) in [5, 5.41) is 0. The number of unbranched alkanes of at least 4 members (excludes halogenated alkanes) is 32. The highest BCUT2D eigenvalue weighted by molar-refractivity contribution is 5.71. The van der Waals surface area contributed by atoms with Crippen LogP contribution in [0.5, 0.6) is 0 Å². The largest absolute Gasteiger partial charge is 0.462 e. The van der Waals surface area contributed by atoms with Crippen molar-refractivity contribution >= 4 is 17.9 Å². The van der Waals surface area contributed by atoms with Crippen molar-refractivity contribution in [3.8, 4) is 0 Å². The first-order valence-corrected chi connectivity index (χ1v) is 27.0. The Hall–Kier alpha value is -2.37. The molecule has 1 atom stereocenters. The molecule has 0 amide bonds. The lowest BCUT2D eigenvalue weighted by Gasteiger charge is -2.18. The average molecular weight is 871 g/mol. The Morgan fingerprint density at radius 3 is 1.00 bits per heavy atom. The minimum Gasteiger partial charge on any atom is -0.462 e. The van der Waals surface area contributed by atoms with Crippen LogP contribution in [0.4, 0.5) is 0 Å². The predicted octanol–water partition coefficient (Wildman–Crippen LogP) is 17.7. The summed E-state index contributed by atoms with van der Waals surface area (Å²) < 4.78 is 16.8. The molecule has 0 N–H and O–H groups in total. The van der Waals surface area contributed by atoms with Crippen molar-refractivity contribution in [2.24, 2.45) is 0 Å². The number of carbonyl (C=O) groups is 3. The summed E-state index contributed by atoms with van der Waals surface area (Å²) >= 11 is 0. The Balaban J connectivity index is 4.41. The highest BCUT2D eigenvalue weighted by Gasteiger charge is 2.19. The summed E-state index contributed by atoms with van der Waals surface area (Å²) in [4.78, 5) is 38.0. The van der Waals surface area contributed by atoms with Crippen molar-refractivity contribution in [3.63, 3.8) is 0 Å². The van der Waals surface area contributed by atoms with Crippen molar-refractivity contribution in [1.82, 2.24) is 0 Å². The summed E-state index contributed by atoms with van der Waals surface area (Å²) in [6.45, 7) is 6.60. The Kier molecular flexibility index (Phi) is 49.3. The van der Waals surface area contributed by atoms with E-state index in [9.17, 15) is 14.4 Å². The van der Waals surface area contributed by atoms with Crippen LogP contribution in [0, 0.1) is 0 Å². The van der Waals surface area contributed by atoms with Crippen LogP contribution in [0.3, 0.4) is 0 Å². The molecule has 0 aromatic heterocycles. The third-order valence-corrected chi connectivity index (χ3v) is 11.9. The van der Waals surface area contributed by atoms with E-state index in [4.69, 9.17) is 14.2 Å². The maximum Gasteiger partial charge on any atom is 0.306 e. The maximum atomic E-state index is 12.8. The second-order valence-electron chi connectivity index (χ2n) is 18.1. The van der Waals surface area contributed by atoms with Gasteiger partial charge in [-0.25, -0.2) is 0 Å². The third-order valence-electron chi connectivity index (χ3n) is 11.9. The van der Waals surface area contributed by atoms with E-state index in [1.165, 1.54) is 180 Å². The number of ether oxygens (including phenoxy) is 3. The SMILES string of the molecule is CCCCCCCC/C=C/C/C=C/CCC(=O)OCC(COC(=O)CCCCCCC/C=C/CCCCCCCCC)OC(=O)CCCCCCCCCCCCCCCCC. The fourth-order valence-electron chi connectivity index (χ4n) is 7.79. The van der Waals surface area contributed by atoms with E-state index in [0.717, 1.165) is 57.8 Å². The minimum atomic E-state index is -0.794. The number of allylic oxidation sites excluding steroid dienone is 6. The van der Waals surface area contributed by atoms with Crippen LogP contribution in [0.15, 0.2) is 36.5 Å². The Bertz CT molecular complexity index is 1050. The standard InChI is InChI=1S/C56H102O6/c1-4-7-10-13-16-19-22-25-27-29-31-34-37-40-43-46-49-55(58)61-52-53(51-60-54(57)48-45-42-39-36-33-30-24-21-18-15-12-9-6-3)62-56(59)50-47-44-41-38-35-32-28-26-23-20-17-14-11-8-5-2/h27,29-30,33,39,42,53H,4-26,28,31-32,34-38,40-41,43-52H2,1-3H3/b29-27+,33-30+,42-39+. The summed E-state index contributed by atoms with van der Waals surface area (Å²) in [5.74, 6) is -0.956. The van der Waals surface area contributed by atoms with Crippen molar-refractivity contribution in [3.05, 3.63) is 36.5 Å². The quantitative estimate of drug-likeness (QED) is 0.0262. The molecule has 0 aliphatic rings. The fourth-order valence-corrected chi connectivity index (χ4v) is 7.79. The summed E-state index contributed by atoms with van der Waals surface area (Å²) in [6, 6.07) is 0. The van der Waals surface area contributed by atoms with Gasteiger partial charge in [-0.3, -0.25) is 14.4 Å². The molecule has 62 heavy (non-hydrogen) atoms. The van der Waals surface area contributed by atoms with Gasteiger partial charge in [0.25, 0.3) is 0 Å². The molecular weight excluding hydrogens is 769 g/mol. The monoisotopic (exact) mass is 871 g/mol. The lowest BCUT2D eigenvalue weighted by molar-refractivity contribution is -0.166. The molecule has 0 saturated carbocycles. The Morgan fingerprint density at radius 1 is 0.323 bits per heavy atom. The first kappa shape index (κ1) is 59.6. The highest BCUT2D eigenvalue weighted by Crippen LogP contribution is 2.16. The Labute approximate surface area is 385 Å². The molecule has 0 spiro atoms. The van der Waals surface area contributed by atoms with Gasteiger partial charge in [0.2, 0.25) is 0 Å². The van der Waals surface area contributed by atoms with E-state index in [2.05, 4.69) is 51.2 Å². The molecule has 0 saturated heterocycles. The average Bonchev–Trinajstić information content (AvgIpc) is 3.27. The van der Waals surface area contributed by atoms with Gasteiger partial charge >= 0.3 is 17.9 Å². The van der Waals surface area contributed by atoms with Crippen molar-refractivity contribution < 1.29 is 28.6 Å². The normalized spacial score (nSPS) is 12.2. The van der Waals surface area contributed by atoms with Crippen LogP contribution in [0.25, 0.3) is 0 Å². The zero-order chi connectivity index (χ0) is 45.1. The van der Waals surface area contributed by atoms with Crippen LogP contribution in [-0.2, 0) is 28.6 Å². The first-order valence-electron chi connectivity index (χ1n) is 27.0. The molecule has 0 aliphatic carbocycles. The number of rotatable bonds is 49. The number of hydrogen-bond acceptors (Lipinski definition) is 6. The highest BCUT2D eigenvalue weighted by atomic mass is 16.6. The molecule has 0 heterocycles. The molecule has 0 aliphatic heterocycles. The minimum absolute atomic E-state index is 0.0904. The van der Waals surface area contributed by atoms with Gasteiger partial charge in [0, 0.05) is 19.3 Å². The number of carbonyl (C=O) groups excluding carboxylic acids is 3. The number of esters is 3. The van der Waals surface area contributed by atoms with E-state index < -0.39 is 6.10 Å². The number of hydrogen-bond donors (Lipinski definition) is 0. The first-order chi connectivity index (χ1) is 30.5. The van der Waals surface area contributed by atoms with Crippen LogP contribution in [-0.4, -0.2) is 37.2 Å². The molecule has 0 aromatic carbocycles.